The van der Waals surface area contributed by atoms with Gasteiger partial charge in [-0.3, -0.25) is 4.72 Å². The number of hydrogen-bond donors (Lipinski definition) is 1. The molecule has 1 aromatic carbocycles. The van der Waals surface area contributed by atoms with E-state index in [4.69, 9.17) is 11.6 Å². The number of benzene rings is 1. The number of hydrogen-bond acceptors (Lipinski definition) is 3. The number of rotatable bonds is 3. The Balaban J connectivity index is 2.39. The Morgan fingerprint density at radius 3 is 2.33 bits per heavy atom. The summed E-state index contributed by atoms with van der Waals surface area (Å²) < 4.78 is 76.7. The van der Waals surface area contributed by atoms with Crippen LogP contribution in [0.1, 0.15) is 5.56 Å². The van der Waals surface area contributed by atoms with Crippen LogP contribution in [0.4, 0.5) is 23.2 Å². The van der Waals surface area contributed by atoms with Gasteiger partial charge in [-0.2, -0.15) is 13.2 Å². The minimum atomic E-state index is -4.71. The molecule has 0 unspecified atom stereocenters. The highest BCUT2D eigenvalue weighted by molar-refractivity contribution is 7.94. The van der Waals surface area contributed by atoms with E-state index in [1.54, 1.807) is 4.72 Å². The first-order valence-corrected chi connectivity index (χ1v) is 7.92. The molecule has 0 aliphatic rings. The third kappa shape index (κ3) is 3.66. The molecule has 1 aromatic heterocycles. The van der Waals surface area contributed by atoms with Crippen LogP contribution in [0.5, 0.6) is 0 Å². The second-order valence-electron chi connectivity index (χ2n) is 3.86. The Morgan fingerprint density at radius 2 is 1.81 bits per heavy atom. The van der Waals surface area contributed by atoms with E-state index in [0.29, 0.717) is 29.5 Å². The van der Waals surface area contributed by atoms with Gasteiger partial charge in [0.2, 0.25) is 0 Å². The van der Waals surface area contributed by atoms with E-state index in [0.717, 1.165) is 0 Å². The molecular weight excluding hydrogens is 354 g/mol. The predicted octanol–water partition coefficient (Wildman–Crippen LogP) is 4.36. The summed E-state index contributed by atoms with van der Waals surface area (Å²) >= 11 is 6.29. The van der Waals surface area contributed by atoms with Gasteiger partial charge in [0.1, 0.15) is 10.0 Å². The van der Waals surface area contributed by atoms with Crippen molar-refractivity contribution >= 4 is 38.6 Å². The molecule has 0 saturated carbocycles. The molecule has 3 nitrogen and oxygen atoms in total. The fraction of sp³-hybridized carbons (Fsp3) is 0.0909. The van der Waals surface area contributed by atoms with Gasteiger partial charge in [0.15, 0.2) is 0 Å². The molecule has 0 spiro atoms. The molecule has 21 heavy (non-hydrogen) atoms. The maximum atomic E-state index is 13.5. The molecule has 0 bridgehead atoms. The quantitative estimate of drug-likeness (QED) is 0.828. The van der Waals surface area contributed by atoms with Crippen molar-refractivity contribution in [1.82, 2.24) is 0 Å². The van der Waals surface area contributed by atoms with Crippen molar-refractivity contribution in [3.63, 3.8) is 0 Å². The van der Waals surface area contributed by atoms with E-state index in [9.17, 15) is 26.0 Å². The zero-order valence-electron chi connectivity index (χ0n) is 9.91. The Hall–Kier alpha value is -1.32. The molecule has 0 saturated heterocycles. The van der Waals surface area contributed by atoms with Gasteiger partial charge in [0, 0.05) is 0 Å². The van der Waals surface area contributed by atoms with Crippen LogP contribution in [-0.4, -0.2) is 8.42 Å². The van der Waals surface area contributed by atoms with E-state index in [1.807, 2.05) is 0 Å². The first kappa shape index (κ1) is 16.1. The minimum Gasteiger partial charge on any atom is -0.276 e. The SMILES string of the molecule is O=S(=O)(Nc1cc(C(F)(F)F)ccc1F)c1ccc(Cl)s1. The molecule has 10 heteroatoms. The second kappa shape index (κ2) is 5.47. The molecule has 2 aromatic rings. The fourth-order valence-corrected chi connectivity index (χ4v) is 3.96. The van der Waals surface area contributed by atoms with E-state index in [1.165, 1.54) is 12.1 Å². The highest BCUT2D eigenvalue weighted by Crippen LogP contribution is 2.33. The fourth-order valence-electron chi connectivity index (χ4n) is 1.42. The summed E-state index contributed by atoms with van der Waals surface area (Å²) in [4.78, 5) is 0. The van der Waals surface area contributed by atoms with Gasteiger partial charge in [0.05, 0.1) is 15.6 Å². The maximum absolute atomic E-state index is 13.5. The molecule has 1 N–H and O–H groups in total. The van der Waals surface area contributed by atoms with Crippen molar-refractivity contribution in [1.29, 1.82) is 0 Å². The molecule has 0 atom stereocenters. The molecule has 0 amide bonds. The summed E-state index contributed by atoms with van der Waals surface area (Å²) in [5.41, 5.74) is -1.94. The normalized spacial score (nSPS) is 12.4. The Bertz CT molecular complexity index is 771. The number of thiophene rings is 1. The first-order chi connectivity index (χ1) is 9.59. The van der Waals surface area contributed by atoms with Crippen LogP contribution >= 0.6 is 22.9 Å². The van der Waals surface area contributed by atoms with Crippen LogP contribution in [-0.2, 0) is 16.2 Å². The summed E-state index contributed by atoms with van der Waals surface area (Å²) in [6, 6.07) is 3.93. The summed E-state index contributed by atoms with van der Waals surface area (Å²) in [6.07, 6.45) is -4.71. The van der Waals surface area contributed by atoms with Crippen molar-refractivity contribution in [2.75, 3.05) is 4.72 Å². The number of nitrogens with one attached hydrogen (secondary N) is 1. The average molecular weight is 360 g/mol. The molecule has 114 valence electrons. The zero-order chi connectivity index (χ0) is 15.8. The minimum absolute atomic E-state index is 0.180. The lowest BCUT2D eigenvalue weighted by Gasteiger charge is -2.11. The van der Waals surface area contributed by atoms with Crippen LogP contribution < -0.4 is 4.72 Å². The number of halogens is 5. The molecule has 0 fully saturated rings. The summed E-state index contributed by atoms with van der Waals surface area (Å²) in [5.74, 6) is -1.12. The lowest BCUT2D eigenvalue weighted by Crippen LogP contribution is -2.14. The number of sulfonamides is 1. The van der Waals surface area contributed by atoms with Crippen molar-refractivity contribution < 1.29 is 26.0 Å². The average Bonchev–Trinajstić information content (AvgIpc) is 2.78. The standard InChI is InChI=1S/C11H6ClF4NO2S2/c12-9-3-4-10(20-9)21(18,19)17-8-5-6(11(14,15)16)1-2-7(8)13/h1-5,17H. The van der Waals surface area contributed by atoms with Crippen molar-refractivity contribution in [3.05, 3.63) is 46.0 Å². The van der Waals surface area contributed by atoms with E-state index in [-0.39, 0.29) is 8.55 Å². The lowest BCUT2D eigenvalue weighted by molar-refractivity contribution is -0.137. The van der Waals surface area contributed by atoms with Gasteiger partial charge >= 0.3 is 6.18 Å². The van der Waals surface area contributed by atoms with E-state index < -0.39 is 33.3 Å². The van der Waals surface area contributed by atoms with Gasteiger partial charge in [-0.05, 0) is 30.3 Å². The zero-order valence-corrected chi connectivity index (χ0v) is 12.3. The molecule has 0 aliphatic heterocycles. The van der Waals surface area contributed by atoms with Gasteiger partial charge in [0.25, 0.3) is 10.0 Å². The van der Waals surface area contributed by atoms with Gasteiger partial charge in [-0.15, -0.1) is 11.3 Å². The Kier molecular flexibility index (Phi) is 4.18. The summed E-state index contributed by atoms with van der Waals surface area (Å²) in [6.45, 7) is 0. The van der Waals surface area contributed by atoms with Crippen molar-refractivity contribution in [2.45, 2.75) is 10.4 Å². The van der Waals surface area contributed by atoms with Crippen LogP contribution in [0.3, 0.4) is 0 Å². The van der Waals surface area contributed by atoms with Gasteiger partial charge in [-0.1, -0.05) is 11.6 Å². The largest absolute Gasteiger partial charge is 0.416 e. The number of alkyl halides is 3. The van der Waals surface area contributed by atoms with Crippen LogP contribution in [0.25, 0.3) is 0 Å². The van der Waals surface area contributed by atoms with E-state index in [2.05, 4.69) is 0 Å². The highest BCUT2D eigenvalue weighted by atomic mass is 35.5. The topological polar surface area (TPSA) is 46.2 Å². The molecular formula is C11H6ClF4NO2S2. The van der Waals surface area contributed by atoms with Gasteiger partial charge in [-0.25, -0.2) is 12.8 Å². The molecule has 0 radical (unpaired) electrons. The van der Waals surface area contributed by atoms with E-state index >= 15 is 0 Å². The van der Waals surface area contributed by atoms with Crippen molar-refractivity contribution in [3.8, 4) is 0 Å². The molecule has 1 heterocycles. The number of anilines is 1. The van der Waals surface area contributed by atoms with Crippen molar-refractivity contribution in [2.24, 2.45) is 0 Å². The maximum Gasteiger partial charge on any atom is 0.416 e. The third-order valence-corrected chi connectivity index (χ3v) is 5.44. The molecule has 0 aliphatic carbocycles. The smallest absolute Gasteiger partial charge is 0.276 e. The second-order valence-corrected chi connectivity index (χ2v) is 7.48. The van der Waals surface area contributed by atoms with Gasteiger partial charge < -0.3 is 0 Å². The highest BCUT2D eigenvalue weighted by Gasteiger charge is 2.31. The third-order valence-electron chi connectivity index (χ3n) is 2.35. The summed E-state index contributed by atoms with van der Waals surface area (Å²) in [5, 5.41) is 0. The first-order valence-electron chi connectivity index (χ1n) is 5.24. The monoisotopic (exact) mass is 359 g/mol. The Labute approximate surface area is 126 Å². The van der Waals surface area contributed by atoms with Crippen LogP contribution in [0.2, 0.25) is 4.34 Å². The van der Waals surface area contributed by atoms with Crippen LogP contribution in [0.15, 0.2) is 34.5 Å². The lowest BCUT2D eigenvalue weighted by atomic mass is 10.2. The summed E-state index contributed by atoms with van der Waals surface area (Å²) in [7, 11) is -4.20. The molecule has 2 rings (SSSR count). The Morgan fingerprint density at radius 1 is 1.14 bits per heavy atom. The predicted molar refractivity (Wildman–Crippen MR) is 71.5 cm³/mol. The van der Waals surface area contributed by atoms with Crippen LogP contribution in [0, 0.1) is 5.82 Å².